The molecule has 1 atom stereocenters. The fourth-order valence-corrected chi connectivity index (χ4v) is 3.81. The normalized spacial score (nSPS) is 11.4. The molecule has 2 amide bonds. The number of carbonyl (C=O) groups excluding carboxylic acids is 2. The Morgan fingerprint density at radius 3 is 2.30 bits per heavy atom. The smallest absolute Gasteiger partial charge is 0.261 e. The predicted octanol–water partition coefficient (Wildman–Crippen LogP) is 4.06. The third kappa shape index (κ3) is 7.21. The third-order valence-corrected chi connectivity index (χ3v) is 5.90. The molecule has 7 heteroatoms. The van der Waals surface area contributed by atoms with Gasteiger partial charge in [0.2, 0.25) is 5.91 Å². The van der Waals surface area contributed by atoms with E-state index in [4.69, 9.17) is 9.47 Å². The predicted molar refractivity (Wildman–Crippen MR) is 136 cm³/mol. The molecule has 0 aliphatic rings. The summed E-state index contributed by atoms with van der Waals surface area (Å²) in [5, 5.41) is 2.71. The highest BCUT2D eigenvalue weighted by Gasteiger charge is 2.30. The van der Waals surface area contributed by atoms with Crippen LogP contribution in [-0.4, -0.2) is 43.5 Å². The topological polar surface area (TPSA) is 67.9 Å². The first kappa shape index (κ1) is 24.6. The van der Waals surface area contributed by atoms with Crippen molar-refractivity contribution in [2.75, 3.05) is 20.8 Å². The molecular weight excluding hydrogens is 531 g/mol. The summed E-state index contributed by atoms with van der Waals surface area (Å²) in [6, 6.07) is 23.9. The van der Waals surface area contributed by atoms with Gasteiger partial charge in [0.1, 0.15) is 17.5 Å². The van der Waals surface area contributed by atoms with Crippen molar-refractivity contribution in [1.29, 1.82) is 0 Å². The maximum Gasteiger partial charge on any atom is 0.261 e. The Morgan fingerprint density at radius 1 is 0.939 bits per heavy atom. The number of hydrogen-bond acceptors (Lipinski definition) is 4. The molecule has 6 nitrogen and oxygen atoms in total. The lowest BCUT2D eigenvalue weighted by atomic mass is 10.0. The van der Waals surface area contributed by atoms with E-state index in [2.05, 4.69) is 27.9 Å². The maximum absolute atomic E-state index is 13.4. The van der Waals surface area contributed by atoms with Crippen molar-refractivity contribution in [1.82, 2.24) is 10.2 Å². The summed E-state index contributed by atoms with van der Waals surface area (Å²) in [5.41, 5.74) is 1.83. The zero-order valence-corrected chi connectivity index (χ0v) is 20.8. The van der Waals surface area contributed by atoms with Gasteiger partial charge in [-0.25, -0.2) is 0 Å². The molecule has 0 saturated carbocycles. The molecule has 0 unspecified atom stereocenters. The van der Waals surface area contributed by atoms with Crippen LogP contribution < -0.4 is 14.8 Å². The van der Waals surface area contributed by atoms with E-state index < -0.39 is 6.04 Å². The van der Waals surface area contributed by atoms with E-state index in [0.29, 0.717) is 17.9 Å². The molecule has 0 radical (unpaired) electrons. The Labute approximate surface area is 208 Å². The van der Waals surface area contributed by atoms with Crippen LogP contribution in [0.3, 0.4) is 0 Å². The molecule has 0 aromatic heterocycles. The second kappa shape index (κ2) is 12.2. The average Bonchev–Trinajstić information content (AvgIpc) is 2.86. The first-order valence-corrected chi connectivity index (χ1v) is 11.6. The summed E-state index contributed by atoms with van der Waals surface area (Å²) in [6.07, 6.45) is 0.389. The second-order valence-electron chi connectivity index (χ2n) is 7.44. The average molecular weight is 558 g/mol. The molecule has 33 heavy (non-hydrogen) atoms. The molecule has 0 aliphatic carbocycles. The summed E-state index contributed by atoms with van der Waals surface area (Å²) in [6.45, 7) is 0.0733. The van der Waals surface area contributed by atoms with Crippen LogP contribution in [0.5, 0.6) is 11.5 Å². The Bertz CT molecular complexity index is 1060. The highest BCUT2D eigenvalue weighted by atomic mass is 127. The van der Waals surface area contributed by atoms with Gasteiger partial charge in [-0.3, -0.25) is 9.59 Å². The Hall–Kier alpha value is -3.07. The number of halogens is 1. The fourth-order valence-electron chi connectivity index (χ4n) is 3.45. The SMILES string of the molecule is CNC(=O)[C@@H](Cc1ccccc1)N(Cc1cccc(OC)c1)C(=O)COc1ccc(I)cc1. The number of hydrogen-bond donors (Lipinski definition) is 1. The highest BCUT2D eigenvalue weighted by molar-refractivity contribution is 14.1. The molecule has 0 aliphatic heterocycles. The molecule has 3 aromatic carbocycles. The largest absolute Gasteiger partial charge is 0.497 e. The summed E-state index contributed by atoms with van der Waals surface area (Å²) in [4.78, 5) is 27.9. The van der Waals surface area contributed by atoms with Crippen LogP contribution in [0, 0.1) is 3.57 Å². The number of amides is 2. The van der Waals surface area contributed by atoms with Crippen molar-refractivity contribution in [3.63, 3.8) is 0 Å². The third-order valence-electron chi connectivity index (χ3n) is 5.18. The zero-order valence-electron chi connectivity index (χ0n) is 18.7. The number of nitrogens with one attached hydrogen (secondary N) is 1. The minimum atomic E-state index is -0.698. The number of methoxy groups -OCH3 is 1. The van der Waals surface area contributed by atoms with E-state index in [1.807, 2.05) is 78.9 Å². The number of rotatable bonds is 10. The first-order valence-electron chi connectivity index (χ1n) is 10.6. The zero-order chi connectivity index (χ0) is 23.6. The molecular formula is C26H27IN2O4. The molecule has 172 valence electrons. The van der Waals surface area contributed by atoms with Crippen molar-refractivity contribution >= 4 is 34.4 Å². The van der Waals surface area contributed by atoms with Gasteiger partial charge in [-0.15, -0.1) is 0 Å². The minimum absolute atomic E-state index is 0.174. The Morgan fingerprint density at radius 2 is 1.64 bits per heavy atom. The van der Waals surface area contributed by atoms with E-state index >= 15 is 0 Å². The lowest BCUT2D eigenvalue weighted by Crippen LogP contribution is -2.51. The lowest BCUT2D eigenvalue weighted by molar-refractivity contribution is -0.142. The van der Waals surface area contributed by atoms with Gasteiger partial charge < -0.3 is 19.7 Å². The molecule has 0 fully saturated rings. The van der Waals surface area contributed by atoms with Gasteiger partial charge in [-0.05, 0) is 70.1 Å². The molecule has 0 bridgehead atoms. The van der Waals surface area contributed by atoms with E-state index in [9.17, 15) is 9.59 Å². The van der Waals surface area contributed by atoms with E-state index in [1.165, 1.54) is 0 Å². The van der Waals surface area contributed by atoms with Gasteiger partial charge in [0.05, 0.1) is 7.11 Å². The summed E-state index contributed by atoms with van der Waals surface area (Å²) < 4.78 is 12.2. The number of carbonyl (C=O) groups is 2. The van der Waals surface area contributed by atoms with Crippen LogP contribution in [0.15, 0.2) is 78.9 Å². The summed E-state index contributed by atoms with van der Waals surface area (Å²) in [5.74, 6) is 0.782. The molecule has 3 rings (SSSR count). The number of benzene rings is 3. The monoisotopic (exact) mass is 558 g/mol. The van der Waals surface area contributed by atoms with Crippen LogP contribution in [0.1, 0.15) is 11.1 Å². The Balaban J connectivity index is 1.87. The van der Waals surface area contributed by atoms with Crippen molar-refractivity contribution in [2.45, 2.75) is 19.0 Å². The van der Waals surface area contributed by atoms with Crippen LogP contribution in [-0.2, 0) is 22.6 Å². The van der Waals surface area contributed by atoms with Crippen LogP contribution in [0.2, 0.25) is 0 Å². The molecule has 0 spiro atoms. The number of ether oxygens (including phenoxy) is 2. The van der Waals surface area contributed by atoms with Crippen molar-refractivity contribution < 1.29 is 19.1 Å². The van der Waals surface area contributed by atoms with E-state index in [1.54, 1.807) is 19.1 Å². The molecule has 0 saturated heterocycles. The lowest BCUT2D eigenvalue weighted by Gasteiger charge is -2.31. The standard InChI is InChI=1S/C26H27IN2O4/c1-28-26(31)24(16-19-7-4-3-5-8-19)29(17-20-9-6-10-23(15-20)32-2)25(30)18-33-22-13-11-21(27)12-14-22/h3-15,24H,16-18H2,1-2H3,(H,28,31)/t24-/m1/s1. The number of nitrogens with zero attached hydrogens (tertiary/aromatic N) is 1. The van der Waals surface area contributed by atoms with Gasteiger partial charge in [0, 0.05) is 23.6 Å². The molecule has 1 N–H and O–H groups in total. The van der Waals surface area contributed by atoms with Gasteiger partial charge >= 0.3 is 0 Å². The maximum atomic E-state index is 13.4. The van der Waals surface area contributed by atoms with Crippen molar-refractivity contribution in [3.8, 4) is 11.5 Å². The fraction of sp³-hybridized carbons (Fsp3) is 0.231. The minimum Gasteiger partial charge on any atom is -0.497 e. The van der Waals surface area contributed by atoms with Crippen LogP contribution in [0.4, 0.5) is 0 Å². The van der Waals surface area contributed by atoms with Crippen molar-refractivity contribution in [2.24, 2.45) is 0 Å². The van der Waals surface area contributed by atoms with Gasteiger partial charge in [0.15, 0.2) is 6.61 Å². The van der Waals surface area contributed by atoms with Crippen molar-refractivity contribution in [3.05, 3.63) is 93.6 Å². The molecule has 3 aromatic rings. The van der Waals surface area contributed by atoms with Gasteiger partial charge in [0.25, 0.3) is 5.91 Å². The number of likely N-dealkylation sites (N-methyl/N-ethyl adjacent to an activating group) is 1. The quantitative estimate of drug-likeness (QED) is 0.382. The summed E-state index contributed by atoms with van der Waals surface area (Å²) >= 11 is 2.21. The first-order chi connectivity index (χ1) is 16.0. The van der Waals surface area contributed by atoms with E-state index in [-0.39, 0.29) is 25.0 Å². The van der Waals surface area contributed by atoms with Gasteiger partial charge in [-0.2, -0.15) is 0 Å². The second-order valence-corrected chi connectivity index (χ2v) is 8.68. The van der Waals surface area contributed by atoms with Gasteiger partial charge in [-0.1, -0.05) is 42.5 Å². The van der Waals surface area contributed by atoms with Crippen LogP contribution in [0.25, 0.3) is 0 Å². The van der Waals surface area contributed by atoms with E-state index in [0.717, 1.165) is 14.7 Å². The van der Waals surface area contributed by atoms with Crippen LogP contribution >= 0.6 is 22.6 Å². The Kier molecular flexibility index (Phi) is 9.12. The summed E-state index contributed by atoms with van der Waals surface area (Å²) in [7, 11) is 3.18. The highest BCUT2D eigenvalue weighted by Crippen LogP contribution is 2.19. The molecule has 0 heterocycles.